The van der Waals surface area contributed by atoms with Gasteiger partial charge in [-0.2, -0.15) is 0 Å². The molecule has 1 amide bonds. The van der Waals surface area contributed by atoms with Crippen molar-refractivity contribution in [2.24, 2.45) is 0 Å². The molecule has 0 N–H and O–H groups in total. The number of esters is 1. The smallest absolute Gasteiger partial charge is 0.325 e. The maximum absolute atomic E-state index is 11.7. The molecule has 0 fully saturated rings. The van der Waals surface area contributed by atoms with Gasteiger partial charge in [0, 0.05) is 19.7 Å². The Labute approximate surface area is 102 Å². The second kappa shape index (κ2) is 9.59. The van der Waals surface area contributed by atoms with Gasteiger partial charge in [-0.05, 0) is 6.92 Å². The van der Waals surface area contributed by atoms with Crippen LogP contribution >= 0.6 is 0 Å². The van der Waals surface area contributed by atoms with Crippen LogP contribution in [0.5, 0.6) is 0 Å². The zero-order valence-corrected chi connectivity index (χ0v) is 10.5. The standard InChI is InChI=1S/C12H19NO4/c1-4-5-6-7-11(14)13(8-9-16-2)10-12(15)17-3/h4-7H,8-10H2,1-3H3/b5-4+,7-6+. The summed E-state index contributed by atoms with van der Waals surface area (Å²) in [4.78, 5) is 24.2. The van der Waals surface area contributed by atoms with Crippen LogP contribution in [-0.4, -0.2) is 50.7 Å². The molecule has 0 heterocycles. The third-order valence-corrected chi connectivity index (χ3v) is 1.97. The quantitative estimate of drug-likeness (QED) is 0.375. The highest BCUT2D eigenvalue weighted by molar-refractivity contribution is 5.90. The molecule has 0 radical (unpaired) electrons. The Hall–Kier alpha value is -1.62. The van der Waals surface area contributed by atoms with Crippen LogP contribution in [0.15, 0.2) is 24.3 Å². The highest BCUT2D eigenvalue weighted by atomic mass is 16.5. The fraction of sp³-hybridized carbons (Fsp3) is 0.500. The minimum absolute atomic E-state index is 0.0706. The fourth-order valence-corrected chi connectivity index (χ4v) is 1.04. The van der Waals surface area contributed by atoms with Gasteiger partial charge in [-0.25, -0.2) is 0 Å². The molecule has 0 aliphatic heterocycles. The van der Waals surface area contributed by atoms with Gasteiger partial charge in [-0.15, -0.1) is 0 Å². The summed E-state index contributed by atoms with van der Waals surface area (Å²) in [6.07, 6.45) is 6.58. The van der Waals surface area contributed by atoms with E-state index < -0.39 is 5.97 Å². The molecular weight excluding hydrogens is 222 g/mol. The SMILES string of the molecule is C/C=C/C=C/C(=O)N(CCOC)CC(=O)OC. The third kappa shape index (κ3) is 7.30. The van der Waals surface area contributed by atoms with Crippen LogP contribution in [0, 0.1) is 0 Å². The Morgan fingerprint density at radius 3 is 2.47 bits per heavy atom. The lowest BCUT2D eigenvalue weighted by atomic mass is 10.3. The summed E-state index contributed by atoms with van der Waals surface area (Å²) >= 11 is 0. The van der Waals surface area contributed by atoms with Crippen molar-refractivity contribution in [1.29, 1.82) is 0 Å². The summed E-state index contributed by atoms with van der Waals surface area (Å²) in [5.74, 6) is -0.695. The van der Waals surface area contributed by atoms with Gasteiger partial charge in [0.2, 0.25) is 5.91 Å². The van der Waals surface area contributed by atoms with Crippen molar-refractivity contribution in [2.45, 2.75) is 6.92 Å². The van der Waals surface area contributed by atoms with Crippen LogP contribution in [0.2, 0.25) is 0 Å². The molecule has 0 saturated heterocycles. The second-order valence-corrected chi connectivity index (χ2v) is 3.21. The topological polar surface area (TPSA) is 55.8 Å². The first-order valence-electron chi connectivity index (χ1n) is 5.29. The summed E-state index contributed by atoms with van der Waals surface area (Å²) in [6.45, 7) is 2.51. The number of rotatable bonds is 7. The summed E-state index contributed by atoms with van der Waals surface area (Å²) in [6, 6.07) is 0. The molecule has 0 aliphatic rings. The van der Waals surface area contributed by atoms with Crippen LogP contribution in [-0.2, 0) is 19.1 Å². The molecule has 0 rings (SSSR count). The number of carbonyl (C=O) groups is 2. The van der Waals surface area contributed by atoms with Crippen LogP contribution in [0.1, 0.15) is 6.92 Å². The van der Waals surface area contributed by atoms with Crippen LogP contribution < -0.4 is 0 Å². The second-order valence-electron chi connectivity index (χ2n) is 3.21. The Balaban J connectivity index is 4.43. The van der Waals surface area contributed by atoms with E-state index in [1.165, 1.54) is 25.2 Å². The van der Waals surface area contributed by atoms with Crippen molar-refractivity contribution < 1.29 is 19.1 Å². The van der Waals surface area contributed by atoms with E-state index in [2.05, 4.69) is 4.74 Å². The van der Waals surface area contributed by atoms with Gasteiger partial charge in [0.25, 0.3) is 0 Å². The number of hydrogen-bond donors (Lipinski definition) is 0. The summed E-state index contributed by atoms with van der Waals surface area (Å²) in [7, 11) is 2.83. The number of nitrogens with zero attached hydrogens (tertiary/aromatic N) is 1. The summed E-state index contributed by atoms with van der Waals surface area (Å²) in [5.41, 5.74) is 0. The Morgan fingerprint density at radius 1 is 1.24 bits per heavy atom. The Kier molecular flexibility index (Phi) is 8.68. The maximum atomic E-state index is 11.7. The van der Waals surface area contributed by atoms with Gasteiger partial charge in [-0.1, -0.05) is 18.2 Å². The van der Waals surface area contributed by atoms with Gasteiger partial charge in [0.15, 0.2) is 0 Å². The molecule has 0 aliphatic carbocycles. The van der Waals surface area contributed by atoms with Gasteiger partial charge in [0.1, 0.15) is 6.54 Å². The summed E-state index contributed by atoms with van der Waals surface area (Å²) < 4.78 is 9.40. The summed E-state index contributed by atoms with van der Waals surface area (Å²) in [5, 5.41) is 0. The number of ether oxygens (including phenoxy) is 2. The van der Waals surface area contributed by atoms with Gasteiger partial charge >= 0.3 is 5.97 Å². The average Bonchev–Trinajstić information content (AvgIpc) is 2.34. The molecule has 5 heteroatoms. The van der Waals surface area contributed by atoms with E-state index in [0.29, 0.717) is 13.2 Å². The molecule has 0 aromatic carbocycles. The minimum Gasteiger partial charge on any atom is -0.468 e. The zero-order chi connectivity index (χ0) is 13.1. The molecule has 0 saturated carbocycles. The molecule has 0 bridgehead atoms. The van der Waals surface area contributed by atoms with E-state index in [1.807, 2.05) is 13.0 Å². The Morgan fingerprint density at radius 2 is 1.94 bits per heavy atom. The first-order chi connectivity index (χ1) is 8.15. The van der Waals surface area contributed by atoms with E-state index in [4.69, 9.17) is 4.74 Å². The lowest BCUT2D eigenvalue weighted by Gasteiger charge is -2.19. The highest BCUT2D eigenvalue weighted by Gasteiger charge is 2.14. The van der Waals surface area contributed by atoms with Crippen LogP contribution in [0.25, 0.3) is 0 Å². The van der Waals surface area contributed by atoms with Gasteiger partial charge in [-0.3, -0.25) is 9.59 Å². The third-order valence-electron chi connectivity index (χ3n) is 1.97. The number of amides is 1. The van der Waals surface area contributed by atoms with Crippen molar-refractivity contribution in [3.05, 3.63) is 24.3 Å². The van der Waals surface area contributed by atoms with E-state index in [0.717, 1.165) is 0 Å². The molecule has 0 spiro atoms. The molecule has 0 unspecified atom stereocenters. The molecule has 96 valence electrons. The van der Waals surface area contributed by atoms with Crippen molar-refractivity contribution >= 4 is 11.9 Å². The molecule has 5 nitrogen and oxygen atoms in total. The van der Waals surface area contributed by atoms with Crippen molar-refractivity contribution in [2.75, 3.05) is 33.9 Å². The number of allylic oxidation sites excluding steroid dienone is 3. The molecule has 0 aromatic heterocycles. The van der Waals surface area contributed by atoms with E-state index in [1.54, 1.807) is 12.2 Å². The first-order valence-corrected chi connectivity index (χ1v) is 5.29. The van der Waals surface area contributed by atoms with E-state index in [-0.39, 0.29) is 12.5 Å². The van der Waals surface area contributed by atoms with Crippen molar-refractivity contribution in [3.8, 4) is 0 Å². The van der Waals surface area contributed by atoms with Crippen LogP contribution in [0.3, 0.4) is 0 Å². The highest BCUT2D eigenvalue weighted by Crippen LogP contribution is 1.94. The van der Waals surface area contributed by atoms with Crippen molar-refractivity contribution in [3.63, 3.8) is 0 Å². The van der Waals surface area contributed by atoms with Crippen LogP contribution in [0.4, 0.5) is 0 Å². The van der Waals surface area contributed by atoms with E-state index >= 15 is 0 Å². The monoisotopic (exact) mass is 241 g/mol. The zero-order valence-electron chi connectivity index (χ0n) is 10.5. The van der Waals surface area contributed by atoms with Gasteiger partial charge in [0.05, 0.1) is 13.7 Å². The lowest BCUT2D eigenvalue weighted by Crippen LogP contribution is -2.37. The normalized spacial score (nSPS) is 11.0. The molecule has 17 heavy (non-hydrogen) atoms. The lowest BCUT2D eigenvalue weighted by molar-refractivity contribution is -0.145. The largest absolute Gasteiger partial charge is 0.468 e. The predicted octanol–water partition coefficient (Wildman–Crippen LogP) is 0.767. The molecule has 0 aromatic rings. The average molecular weight is 241 g/mol. The number of hydrogen-bond acceptors (Lipinski definition) is 4. The number of carbonyl (C=O) groups excluding carboxylic acids is 2. The first kappa shape index (κ1) is 15.4. The van der Waals surface area contributed by atoms with Gasteiger partial charge < -0.3 is 14.4 Å². The minimum atomic E-state index is -0.450. The van der Waals surface area contributed by atoms with Crippen molar-refractivity contribution in [1.82, 2.24) is 4.90 Å². The Bertz CT molecular complexity index is 297. The van der Waals surface area contributed by atoms with E-state index in [9.17, 15) is 9.59 Å². The predicted molar refractivity (Wildman–Crippen MR) is 64.4 cm³/mol. The molecule has 0 atom stereocenters. The number of methoxy groups -OCH3 is 2. The molecular formula is C12H19NO4. The fourth-order valence-electron chi connectivity index (χ4n) is 1.04. The maximum Gasteiger partial charge on any atom is 0.325 e.